The lowest BCUT2D eigenvalue weighted by Crippen LogP contribution is -2.56. The number of para-hydroxylation sites is 1. The van der Waals surface area contributed by atoms with Crippen molar-refractivity contribution >= 4 is 5.91 Å². The highest BCUT2D eigenvalue weighted by Gasteiger charge is 2.36. The first-order valence-corrected chi connectivity index (χ1v) is 10.9. The van der Waals surface area contributed by atoms with Crippen LogP contribution in [0.4, 0.5) is 0 Å². The lowest BCUT2D eigenvalue weighted by molar-refractivity contribution is 0.0444. The second kappa shape index (κ2) is 7.90. The molecule has 2 fully saturated rings. The molecular formula is C23H33N5O. The molecule has 2 aromatic rings. The Morgan fingerprint density at radius 3 is 2.41 bits per heavy atom. The molecule has 6 nitrogen and oxygen atoms in total. The number of nitrogens with zero attached hydrogens (tertiary/aromatic N) is 4. The van der Waals surface area contributed by atoms with E-state index in [4.69, 9.17) is 0 Å². The molecule has 1 aromatic carbocycles. The van der Waals surface area contributed by atoms with Crippen LogP contribution >= 0.6 is 0 Å². The van der Waals surface area contributed by atoms with Gasteiger partial charge in [0, 0.05) is 31.1 Å². The number of carbonyl (C=O) groups is 1. The first-order valence-electron chi connectivity index (χ1n) is 10.9. The molecule has 2 heterocycles. The molecule has 0 radical (unpaired) electrons. The minimum absolute atomic E-state index is 0.0895. The fourth-order valence-corrected chi connectivity index (χ4v) is 4.58. The fourth-order valence-electron chi connectivity index (χ4n) is 4.58. The van der Waals surface area contributed by atoms with E-state index in [0.717, 1.165) is 37.3 Å². The minimum atomic E-state index is -0.111. The Balaban J connectivity index is 1.48. The number of rotatable bonds is 6. The molecule has 4 rings (SSSR count). The van der Waals surface area contributed by atoms with Crippen LogP contribution in [0.25, 0.3) is 5.69 Å². The Morgan fingerprint density at radius 2 is 1.79 bits per heavy atom. The van der Waals surface area contributed by atoms with E-state index in [2.05, 4.69) is 48.2 Å². The van der Waals surface area contributed by atoms with Crippen LogP contribution in [0, 0.1) is 11.8 Å². The van der Waals surface area contributed by atoms with Crippen molar-refractivity contribution in [2.45, 2.75) is 58.4 Å². The van der Waals surface area contributed by atoms with Gasteiger partial charge in [0.15, 0.2) is 5.69 Å². The zero-order valence-corrected chi connectivity index (χ0v) is 18.1. The summed E-state index contributed by atoms with van der Waals surface area (Å²) < 4.78 is 1.84. The van der Waals surface area contributed by atoms with Gasteiger partial charge in [0.05, 0.1) is 11.4 Å². The molecule has 1 aromatic heterocycles. The van der Waals surface area contributed by atoms with Gasteiger partial charge >= 0.3 is 0 Å². The molecule has 1 saturated heterocycles. The molecule has 2 aliphatic rings. The molecule has 1 aliphatic heterocycles. The summed E-state index contributed by atoms with van der Waals surface area (Å²) in [6, 6.07) is 9.95. The van der Waals surface area contributed by atoms with Crippen molar-refractivity contribution in [2.24, 2.45) is 11.8 Å². The van der Waals surface area contributed by atoms with Crippen LogP contribution in [0.15, 0.2) is 30.3 Å². The van der Waals surface area contributed by atoms with Crippen LogP contribution in [-0.2, 0) is 0 Å². The van der Waals surface area contributed by atoms with Crippen molar-refractivity contribution in [2.75, 3.05) is 19.6 Å². The summed E-state index contributed by atoms with van der Waals surface area (Å²) in [7, 11) is 0. The average molecular weight is 396 g/mol. The lowest BCUT2D eigenvalue weighted by atomic mass is 9.88. The highest BCUT2D eigenvalue weighted by molar-refractivity contribution is 5.93. The number of carbonyl (C=O) groups excluding carboxylic acids is 1. The smallest absolute Gasteiger partial charge is 0.273 e. The summed E-state index contributed by atoms with van der Waals surface area (Å²) in [6.45, 7) is 11.9. The van der Waals surface area contributed by atoms with Crippen molar-refractivity contribution < 1.29 is 4.79 Å². The summed E-state index contributed by atoms with van der Waals surface area (Å²) >= 11 is 0. The van der Waals surface area contributed by atoms with Gasteiger partial charge in [-0.3, -0.25) is 9.69 Å². The Bertz CT molecular complexity index is 845. The molecule has 1 amide bonds. The number of aromatic nitrogens is 3. The number of hydrogen-bond acceptors (Lipinski definition) is 4. The van der Waals surface area contributed by atoms with Crippen molar-refractivity contribution in [1.82, 2.24) is 25.2 Å². The standard InChI is InChI=1S/C23H33N5O/c1-16-12-17(2)14-27(13-16)23(3,4)15-24-22(29)20-21(18-10-11-18)28(26-25-20)19-8-6-5-7-9-19/h5-9,16-18H,10-15H2,1-4H3,(H,24,29). The molecule has 156 valence electrons. The van der Waals surface area contributed by atoms with Gasteiger partial charge in [0.1, 0.15) is 0 Å². The van der Waals surface area contributed by atoms with Crippen LogP contribution < -0.4 is 5.32 Å². The van der Waals surface area contributed by atoms with E-state index in [-0.39, 0.29) is 11.4 Å². The third-order valence-corrected chi connectivity index (χ3v) is 6.29. The normalized spacial score (nSPS) is 23.2. The molecule has 2 atom stereocenters. The maximum atomic E-state index is 13.1. The van der Waals surface area contributed by atoms with E-state index in [1.165, 1.54) is 6.42 Å². The number of benzene rings is 1. The predicted octanol–water partition coefficient (Wildman–Crippen LogP) is 3.63. The third-order valence-electron chi connectivity index (χ3n) is 6.29. The lowest BCUT2D eigenvalue weighted by Gasteiger charge is -2.45. The first-order chi connectivity index (χ1) is 13.8. The van der Waals surface area contributed by atoms with Crippen molar-refractivity contribution in [3.63, 3.8) is 0 Å². The molecule has 1 aliphatic carbocycles. The van der Waals surface area contributed by atoms with Gasteiger partial charge in [-0.25, -0.2) is 4.68 Å². The van der Waals surface area contributed by atoms with Gasteiger partial charge in [-0.1, -0.05) is 37.3 Å². The summed E-state index contributed by atoms with van der Waals surface area (Å²) in [6.07, 6.45) is 3.47. The topological polar surface area (TPSA) is 63.1 Å². The summed E-state index contributed by atoms with van der Waals surface area (Å²) in [5, 5.41) is 11.8. The quantitative estimate of drug-likeness (QED) is 0.811. The molecule has 1 saturated carbocycles. The summed E-state index contributed by atoms with van der Waals surface area (Å²) in [4.78, 5) is 15.6. The molecule has 6 heteroatoms. The highest BCUT2D eigenvalue weighted by atomic mass is 16.2. The molecule has 29 heavy (non-hydrogen) atoms. The van der Waals surface area contributed by atoms with E-state index in [0.29, 0.717) is 30.0 Å². The minimum Gasteiger partial charge on any atom is -0.349 e. The zero-order valence-electron chi connectivity index (χ0n) is 18.1. The Hall–Kier alpha value is -2.21. The van der Waals surface area contributed by atoms with Gasteiger partial charge in [0.2, 0.25) is 0 Å². The Labute approximate surface area is 173 Å². The van der Waals surface area contributed by atoms with E-state index < -0.39 is 0 Å². The highest BCUT2D eigenvalue weighted by Crippen LogP contribution is 2.42. The first kappa shape index (κ1) is 20.1. The van der Waals surface area contributed by atoms with Crippen molar-refractivity contribution in [1.29, 1.82) is 0 Å². The van der Waals surface area contributed by atoms with Gasteiger partial charge in [-0.15, -0.1) is 5.10 Å². The predicted molar refractivity (Wildman–Crippen MR) is 114 cm³/mol. The van der Waals surface area contributed by atoms with Crippen LogP contribution in [-0.4, -0.2) is 51.0 Å². The molecule has 2 unspecified atom stereocenters. The summed E-state index contributed by atoms with van der Waals surface area (Å²) in [5.74, 6) is 1.66. The van der Waals surface area contributed by atoms with E-state index >= 15 is 0 Å². The third kappa shape index (κ3) is 4.37. The van der Waals surface area contributed by atoms with Gasteiger partial charge < -0.3 is 5.32 Å². The number of amides is 1. The SMILES string of the molecule is CC1CC(C)CN(C(C)(C)CNC(=O)c2nnn(-c3ccccc3)c2C2CC2)C1. The van der Waals surface area contributed by atoms with Crippen molar-refractivity contribution in [3.05, 3.63) is 41.7 Å². The Morgan fingerprint density at radius 1 is 1.14 bits per heavy atom. The monoisotopic (exact) mass is 395 g/mol. The fraction of sp³-hybridized carbons (Fsp3) is 0.609. The summed E-state index contributed by atoms with van der Waals surface area (Å²) in [5.41, 5.74) is 2.30. The molecule has 0 spiro atoms. The maximum Gasteiger partial charge on any atom is 0.273 e. The van der Waals surface area contributed by atoms with Crippen molar-refractivity contribution in [3.8, 4) is 5.69 Å². The molecule has 0 bridgehead atoms. The van der Waals surface area contributed by atoms with Crippen LogP contribution in [0.2, 0.25) is 0 Å². The van der Waals surface area contributed by atoms with Gasteiger partial charge in [-0.2, -0.15) is 0 Å². The zero-order chi connectivity index (χ0) is 20.6. The van der Waals surface area contributed by atoms with E-state index in [1.54, 1.807) is 0 Å². The second-order valence-corrected chi connectivity index (χ2v) is 9.69. The number of hydrogen-bond donors (Lipinski definition) is 1. The second-order valence-electron chi connectivity index (χ2n) is 9.69. The largest absolute Gasteiger partial charge is 0.349 e. The molecular weight excluding hydrogens is 362 g/mol. The van der Waals surface area contributed by atoms with E-state index in [1.807, 2.05) is 35.0 Å². The van der Waals surface area contributed by atoms with Crippen LogP contribution in [0.5, 0.6) is 0 Å². The van der Waals surface area contributed by atoms with E-state index in [9.17, 15) is 4.79 Å². The number of piperidine rings is 1. The van der Waals surface area contributed by atoms with Gasteiger partial charge in [-0.05, 0) is 57.1 Å². The van der Waals surface area contributed by atoms with Gasteiger partial charge in [0.25, 0.3) is 5.91 Å². The number of nitrogens with one attached hydrogen (secondary N) is 1. The maximum absolute atomic E-state index is 13.1. The Kier molecular flexibility index (Phi) is 5.47. The average Bonchev–Trinajstić information content (AvgIpc) is 3.44. The van der Waals surface area contributed by atoms with Crippen LogP contribution in [0.3, 0.4) is 0 Å². The van der Waals surface area contributed by atoms with Crippen LogP contribution in [0.1, 0.15) is 69.1 Å². The molecule has 1 N–H and O–H groups in total. The number of likely N-dealkylation sites (tertiary alicyclic amines) is 1.